The number of benzene rings is 1. The highest BCUT2D eigenvalue weighted by Gasteiger charge is 2.33. The van der Waals surface area contributed by atoms with Crippen molar-refractivity contribution in [1.82, 2.24) is 20.1 Å². The molecule has 0 bridgehead atoms. The van der Waals surface area contributed by atoms with Crippen LogP contribution in [0.5, 0.6) is 0 Å². The van der Waals surface area contributed by atoms with Gasteiger partial charge < -0.3 is 5.73 Å². The lowest BCUT2D eigenvalue weighted by atomic mass is 9.89. The van der Waals surface area contributed by atoms with Crippen molar-refractivity contribution >= 4 is 22.8 Å². The fourth-order valence-electron chi connectivity index (χ4n) is 4.47. The van der Waals surface area contributed by atoms with E-state index in [9.17, 15) is 4.21 Å². The molecular formula is C25H33N5O2S. The summed E-state index contributed by atoms with van der Waals surface area (Å²) in [7, 11) is -0.724. The Labute approximate surface area is 198 Å². The number of H-pyrrole nitrogens is 1. The van der Waals surface area contributed by atoms with Crippen LogP contribution >= 0.6 is 0 Å². The fraction of sp³-hybridized carbons (Fsp3) is 0.480. The molecule has 2 unspecified atom stereocenters. The predicted molar refractivity (Wildman–Crippen MR) is 132 cm³/mol. The van der Waals surface area contributed by atoms with Gasteiger partial charge in [-0.2, -0.15) is 5.10 Å². The van der Waals surface area contributed by atoms with E-state index in [1.54, 1.807) is 0 Å². The van der Waals surface area contributed by atoms with Crippen LogP contribution in [0.1, 0.15) is 67.7 Å². The molecule has 2 atom stereocenters. The van der Waals surface area contributed by atoms with Crippen LogP contribution in [0.2, 0.25) is 0 Å². The van der Waals surface area contributed by atoms with Gasteiger partial charge in [-0.1, -0.05) is 42.5 Å². The number of aromatic nitrogens is 3. The van der Waals surface area contributed by atoms with Crippen LogP contribution < -0.4 is 5.73 Å². The largest absolute Gasteiger partial charge is 0.372 e. The number of carbonyl (C=O) groups is 1. The third-order valence-electron chi connectivity index (χ3n) is 6.42. The lowest BCUT2D eigenvalue weighted by Crippen LogP contribution is -2.49. The molecule has 176 valence electrons. The molecule has 1 saturated heterocycles. The predicted octanol–water partition coefficient (Wildman–Crippen LogP) is 3.25. The van der Waals surface area contributed by atoms with Crippen molar-refractivity contribution in [3.63, 3.8) is 0 Å². The quantitative estimate of drug-likeness (QED) is 0.657. The normalized spacial score (nSPS) is 24.5. The first-order valence-electron chi connectivity index (χ1n) is 11.6. The maximum atomic E-state index is 12.2. The summed E-state index contributed by atoms with van der Waals surface area (Å²) < 4.78 is 12.1. The van der Waals surface area contributed by atoms with Crippen LogP contribution in [0, 0.1) is 0 Å². The zero-order valence-electron chi connectivity index (χ0n) is 19.4. The van der Waals surface area contributed by atoms with Crippen molar-refractivity contribution in [3.05, 3.63) is 65.3 Å². The molecule has 8 heteroatoms. The number of nitrogens with two attached hydrogens (primary N) is 1. The minimum absolute atomic E-state index is 0.122. The standard InChI is InChI=1S/C24H30N4OS.CH3NO/c1-24(2)16-28(12-13-30(24)29)15-17-4-3-5-21(14-17)18-6-8-19(9-7-18)22-25-23(27-26-22)20-10-11-20;2-1-3/h3-6,8-9,14,18,20H,7,10-13,15-16H2,1-2H3,(H,25,26,27);1H,(H2,2,3). The van der Waals surface area contributed by atoms with Gasteiger partial charge in [-0.15, -0.1) is 0 Å². The van der Waals surface area contributed by atoms with Crippen LogP contribution in [0.3, 0.4) is 0 Å². The number of primary amides is 1. The average molecular weight is 468 g/mol. The number of hydrogen-bond acceptors (Lipinski definition) is 5. The van der Waals surface area contributed by atoms with E-state index in [0.717, 1.165) is 49.0 Å². The Morgan fingerprint density at radius 1 is 1.33 bits per heavy atom. The molecule has 1 aromatic carbocycles. The maximum absolute atomic E-state index is 12.2. The Morgan fingerprint density at radius 3 is 2.79 bits per heavy atom. The van der Waals surface area contributed by atoms with Gasteiger partial charge in [-0.25, -0.2) is 4.98 Å². The fourth-order valence-corrected chi connectivity index (χ4v) is 5.77. The van der Waals surface area contributed by atoms with Gasteiger partial charge in [0, 0.05) is 53.6 Å². The van der Waals surface area contributed by atoms with E-state index in [2.05, 4.69) is 82.2 Å². The Kier molecular flexibility index (Phi) is 7.24. The zero-order chi connectivity index (χ0) is 23.4. The van der Waals surface area contributed by atoms with E-state index < -0.39 is 10.8 Å². The molecular weight excluding hydrogens is 434 g/mol. The molecule has 2 aromatic rings. The molecule has 3 aliphatic rings. The topological polar surface area (TPSA) is 105 Å². The van der Waals surface area contributed by atoms with Gasteiger partial charge in [-0.3, -0.25) is 19.0 Å². The number of carbonyl (C=O) groups excluding carboxylic acids is 1. The van der Waals surface area contributed by atoms with Gasteiger partial charge in [0.05, 0.1) is 4.75 Å². The maximum Gasteiger partial charge on any atom is 0.204 e. The van der Waals surface area contributed by atoms with E-state index in [1.807, 2.05) is 0 Å². The summed E-state index contributed by atoms with van der Waals surface area (Å²) in [6, 6.07) is 8.94. The Morgan fingerprint density at radius 2 is 2.12 bits per heavy atom. The summed E-state index contributed by atoms with van der Waals surface area (Å²) in [5, 5.41) is 7.52. The Balaban J connectivity index is 0.000000821. The Bertz CT molecular complexity index is 1070. The highest BCUT2D eigenvalue weighted by Crippen LogP contribution is 2.38. The average Bonchev–Trinajstić information content (AvgIpc) is 3.53. The minimum Gasteiger partial charge on any atom is -0.372 e. The monoisotopic (exact) mass is 467 g/mol. The van der Waals surface area contributed by atoms with Gasteiger partial charge >= 0.3 is 0 Å². The van der Waals surface area contributed by atoms with Crippen LogP contribution in [-0.4, -0.2) is 54.3 Å². The molecule has 1 saturated carbocycles. The molecule has 1 aliphatic heterocycles. The van der Waals surface area contributed by atoms with Crippen LogP contribution in [0.4, 0.5) is 0 Å². The summed E-state index contributed by atoms with van der Waals surface area (Å²) in [5.41, 5.74) is 7.98. The molecule has 5 rings (SSSR count). The zero-order valence-corrected chi connectivity index (χ0v) is 20.2. The third-order valence-corrected chi connectivity index (χ3v) is 8.34. The SMILES string of the molecule is CC1(C)CN(Cc2cccc(C3C=CC(c4n[nH]c(C5CC5)n4)=CC3)c2)CCS1=O.NC=O. The number of rotatable bonds is 5. The first kappa shape index (κ1) is 23.6. The molecule has 7 nitrogen and oxygen atoms in total. The lowest BCUT2D eigenvalue weighted by molar-refractivity contribution is -0.106. The van der Waals surface area contributed by atoms with Crippen LogP contribution in [-0.2, 0) is 22.1 Å². The van der Waals surface area contributed by atoms with Gasteiger partial charge in [-0.05, 0) is 44.2 Å². The number of aromatic amines is 1. The van der Waals surface area contributed by atoms with Crippen molar-refractivity contribution < 1.29 is 9.00 Å². The van der Waals surface area contributed by atoms with Gasteiger partial charge in [0.15, 0.2) is 5.82 Å². The third kappa shape index (κ3) is 5.86. The summed E-state index contributed by atoms with van der Waals surface area (Å²) in [4.78, 5) is 15.7. The molecule has 2 aliphatic carbocycles. The molecule has 2 heterocycles. The number of nitrogens with zero attached hydrogens (tertiary/aromatic N) is 3. The highest BCUT2D eigenvalue weighted by molar-refractivity contribution is 7.86. The van der Waals surface area contributed by atoms with E-state index in [4.69, 9.17) is 4.79 Å². The van der Waals surface area contributed by atoms with E-state index in [1.165, 1.54) is 24.0 Å². The molecule has 33 heavy (non-hydrogen) atoms. The summed E-state index contributed by atoms with van der Waals surface area (Å²) in [6.07, 6.45) is 10.4. The van der Waals surface area contributed by atoms with Crippen molar-refractivity contribution in [2.24, 2.45) is 5.73 Å². The number of hydrogen-bond donors (Lipinski definition) is 2. The summed E-state index contributed by atoms with van der Waals surface area (Å²) in [6.45, 7) is 6.95. The summed E-state index contributed by atoms with van der Waals surface area (Å²) >= 11 is 0. The van der Waals surface area contributed by atoms with E-state index >= 15 is 0 Å². The van der Waals surface area contributed by atoms with Gasteiger partial charge in [0.25, 0.3) is 0 Å². The van der Waals surface area contributed by atoms with Crippen molar-refractivity contribution in [1.29, 1.82) is 0 Å². The smallest absolute Gasteiger partial charge is 0.204 e. The van der Waals surface area contributed by atoms with Crippen molar-refractivity contribution in [3.8, 4) is 0 Å². The van der Waals surface area contributed by atoms with E-state index in [0.29, 0.717) is 11.8 Å². The molecule has 1 amide bonds. The van der Waals surface area contributed by atoms with E-state index in [-0.39, 0.29) is 11.2 Å². The lowest BCUT2D eigenvalue weighted by Gasteiger charge is -2.37. The number of nitrogens with one attached hydrogen (secondary N) is 1. The van der Waals surface area contributed by atoms with Crippen LogP contribution in [0.25, 0.3) is 5.57 Å². The second-order valence-electron chi connectivity index (χ2n) is 9.58. The highest BCUT2D eigenvalue weighted by atomic mass is 32.2. The number of allylic oxidation sites excluding steroid dienone is 4. The Hall–Kier alpha value is -2.58. The molecule has 3 N–H and O–H groups in total. The van der Waals surface area contributed by atoms with Crippen molar-refractivity contribution in [2.45, 2.75) is 56.2 Å². The molecule has 1 aromatic heterocycles. The second-order valence-corrected chi connectivity index (χ2v) is 11.8. The summed E-state index contributed by atoms with van der Waals surface area (Å²) in [5.74, 6) is 3.63. The first-order valence-corrected chi connectivity index (χ1v) is 12.9. The molecule has 0 spiro atoms. The molecule has 2 fully saturated rings. The number of amides is 1. The minimum atomic E-state index is -0.724. The van der Waals surface area contributed by atoms with Crippen LogP contribution in [0.15, 0.2) is 42.5 Å². The first-order chi connectivity index (χ1) is 15.9. The second kappa shape index (κ2) is 10.1. The van der Waals surface area contributed by atoms with Crippen molar-refractivity contribution in [2.75, 3.05) is 18.8 Å². The van der Waals surface area contributed by atoms with Gasteiger partial charge in [0.2, 0.25) is 6.41 Å². The van der Waals surface area contributed by atoms with Gasteiger partial charge in [0.1, 0.15) is 5.82 Å². The molecule has 0 radical (unpaired) electrons.